The van der Waals surface area contributed by atoms with Crippen molar-refractivity contribution in [1.29, 1.82) is 0 Å². The summed E-state index contributed by atoms with van der Waals surface area (Å²) in [5.41, 5.74) is -1.11. The highest BCUT2D eigenvalue weighted by atomic mass is 32.2. The number of halogens is 4. The molecule has 1 amide bonds. The van der Waals surface area contributed by atoms with Gasteiger partial charge < -0.3 is 4.90 Å². The van der Waals surface area contributed by atoms with Gasteiger partial charge in [0.1, 0.15) is 12.2 Å². The number of piperidine rings is 1. The fraction of sp³-hybridized carbons (Fsp3) is 0.588. The summed E-state index contributed by atoms with van der Waals surface area (Å²) in [5, 5.41) is 0. The highest BCUT2D eigenvalue weighted by Crippen LogP contribution is 2.33. The molecule has 2 atom stereocenters. The molecule has 5 nitrogen and oxygen atoms in total. The maximum absolute atomic E-state index is 14.0. The van der Waals surface area contributed by atoms with Crippen LogP contribution in [0.15, 0.2) is 29.2 Å². The molecular weight excluding hydrogens is 388 g/mol. The molecule has 150 valence electrons. The quantitative estimate of drug-likeness (QED) is 0.723. The SMILES string of the molecule is O=C(C1CC(F)CN1S(=O)(=O)c1cccc(C(F)(F)F)c1)N1CCCCC1. The highest BCUT2D eigenvalue weighted by Gasteiger charge is 2.46. The predicted octanol–water partition coefficient (Wildman–Crippen LogP) is 2.82. The van der Waals surface area contributed by atoms with E-state index in [1.165, 1.54) is 4.90 Å². The molecule has 0 bridgehead atoms. The average molecular weight is 408 g/mol. The van der Waals surface area contributed by atoms with Gasteiger partial charge in [-0.15, -0.1) is 0 Å². The second-order valence-electron chi connectivity index (χ2n) is 6.84. The van der Waals surface area contributed by atoms with Gasteiger partial charge in [-0.25, -0.2) is 12.8 Å². The van der Waals surface area contributed by atoms with Gasteiger partial charge in [-0.3, -0.25) is 4.79 Å². The van der Waals surface area contributed by atoms with Gasteiger partial charge in [0.25, 0.3) is 0 Å². The Balaban J connectivity index is 1.91. The molecule has 3 rings (SSSR count). The first-order chi connectivity index (χ1) is 12.6. The number of hydrogen-bond acceptors (Lipinski definition) is 3. The number of likely N-dealkylation sites (tertiary alicyclic amines) is 1. The molecule has 2 saturated heterocycles. The first-order valence-corrected chi connectivity index (χ1v) is 10.2. The smallest absolute Gasteiger partial charge is 0.341 e. The summed E-state index contributed by atoms with van der Waals surface area (Å²) < 4.78 is 79.2. The van der Waals surface area contributed by atoms with E-state index in [0.29, 0.717) is 23.5 Å². The standard InChI is InChI=1S/C17H20F4N2O3S/c18-13-10-15(16(24)22-7-2-1-3-8-22)23(11-13)27(25,26)14-6-4-5-12(9-14)17(19,20)21/h4-6,9,13,15H,1-3,7-8,10-11H2. The fourth-order valence-corrected chi connectivity index (χ4v) is 5.21. The van der Waals surface area contributed by atoms with Crippen LogP contribution in [0, 0.1) is 0 Å². The van der Waals surface area contributed by atoms with Crippen LogP contribution in [0.1, 0.15) is 31.2 Å². The Hall–Kier alpha value is -1.68. The van der Waals surface area contributed by atoms with Crippen LogP contribution in [0.4, 0.5) is 17.6 Å². The van der Waals surface area contributed by atoms with Gasteiger partial charge in [0.05, 0.1) is 10.5 Å². The summed E-state index contributed by atoms with van der Waals surface area (Å²) in [7, 11) is -4.44. The summed E-state index contributed by atoms with van der Waals surface area (Å²) in [6.07, 6.45) is -3.98. The lowest BCUT2D eigenvalue weighted by Gasteiger charge is -2.32. The molecular formula is C17H20F4N2O3S. The van der Waals surface area contributed by atoms with E-state index in [9.17, 15) is 30.8 Å². The number of carbonyl (C=O) groups excluding carboxylic acids is 1. The van der Waals surface area contributed by atoms with Crippen LogP contribution < -0.4 is 0 Å². The molecule has 0 N–H and O–H groups in total. The van der Waals surface area contributed by atoms with Crippen molar-refractivity contribution in [2.24, 2.45) is 0 Å². The van der Waals surface area contributed by atoms with E-state index in [1.54, 1.807) is 0 Å². The molecule has 1 aromatic rings. The second kappa shape index (κ2) is 7.38. The van der Waals surface area contributed by atoms with E-state index in [2.05, 4.69) is 0 Å². The number of rotatable bonds is 3. The van der Waals surface area contributed by atoms with Crippen molar-refractivity contribution in [3.05, 3.63) is 29.8 Å². The Morgan fingerprint density at radius 2 is 1.78 bits per heavy atom. The third kappa shape index (κ3) is 4.11. The maximum Gasteiger partial charge on any atom is 0.416 e. The van der Waals surface area contributed by atoms with Gasteiger partial charge in [0.2, 0.25) is 15.9 Å². The van der Waals surface area contributed by atoms with Crippen LogP contribution in [0.2, 0.25) is 0 Å². The highest BCUT2D eigenvalue weighted by molar-refractivity contribution is 7.89. The van der Waals surface area contributed by atoms with E-state index < -0.39 is 51.3 Å². The lowest BCUT2D eigenvalue weighted by Crippen LogP contribution is -2.49. The number of amides is 1. The van der Waals surface area contributed by atoms with Gasteiger partial charge >= 0.3 is 6.18 Å². The molecule has 2 heterocycles. The Morgan fingerprint density at radius 1 is 1.11 bits per heavy atom. The van der Waals surface area contributed by atoms with Gasteiger partial charge in [-0.1, -0.05) is 6.07 Å². The second-order valence-corrected chi connectivity index (χ2v) is 8.73. The van der Waals surface area contributed by atoms with Crippen LogP contribution in [0.5, 0.6) is 0 Å². The summed E-state index contributed by atoms with van der Waals surface area (Å²) in [4.78, 5) is 13.7. The van der Waals surface area contributed by atoms with Crippen LogP contribution in [0.3, 0.4) is 0 Å². The van der Waals surface area contributed by atoms with Gasteiger partial charge in [0.15, 0.2) is 0 Å². The third-order valence-electron chi connectivity index (χ3n) is 4.93. The minimum Gasteiger partial charge on any atom is -0.341 e. The molecule has 27 heavy (non-hydrogen) atoms. The van der Waals surface area contributed by atoms with Crippen molar-refractivity contribution in [1.82, 2.24) is 9.21 Å². The molecule has 0 aromatic heterocycles. The van der Waals surface area contributed by atoms with E-state index in [1.807, 2.05) is 0 Å². The Labute approximate surface area is 155 Å². The summed E-state index contributed by atoms with van der Waals surface area (Å²) in [6, 6.07) is 2.07. The molecule has 0 spiro atoms. The zero-order valence-electron chi connectivity index (χ0n) is 14.5. The lowest BCUT2D eigenvalue weighted by atomic mass is 10.1. The van der Waals surface area contributed by atoms with Crippen molar-refractivity contribution in [2.45, 2.75) is 49.0 Å². The number of benzene rings is 1. The molecule has 2 aliphatic heterocycles. The topological polar surface area (TPSA) is 57.7 Å². The fourth-order valence-electron chi connectivity index (χ4n) is 3.54. The third-order valence-corrected chi connectivity index (χ3v) is 6.80. The minimum atomic E-state index is -4.71. The van der Waals surface area contributed by atoms with E-state index in [4.69, 9.17) is 0 Å². The number of carbonyl (C=O) groups is 1. The number of nitrogens with zero attached hydrogens (tertiary/aromatic N) is 2. The molecule has 1 aromatic carbocycles. The van der Waals surface area contributed by atoms with Crippen LogP contribution >= 0.6 is 0 Å². The molecule has 10 heteroatoms. The zero-order valence-corrected chi connectivity index (χ0v) is 15.3. The van der Waals surface area contributed by atoms with E-state index in [-0.39, 0.29) is 6.42 Å². The van der Waals surface area contributed by atoms with Gasteiger partial charge in [-0.2, -0.15) is 17.5 Å². The van der Waals surface area contributed by atoms with Gasteiger partial charge in [0, 0.05) is 26.1 Å². The summed E-state index contributed by atoms with van der Waals surface area (Å²) in [5.74, 6) is -0.481. The first-order valence-electron chi connectivity index (χ1n) is 8.72. The molecule has 0 radical (unpaired) electrons. The van der Waals surface area contributed by atoms with E-state index >= 15 is 0 Å². The maximum atomic E-state index is 14.0. The molecule has 2 unspecified atom stereocenters. The molecule has 2 aliphatic rings. The number of alkyl halides is 4. The van der Waals surface area contributed by atoms with Gasteiger partial charge in [-0.05, 0) is 37.5 Å². The van der Waals surface area contributed by atoms with Crippen molar-refractivity contribution < 1.29 is 30.8 Å². The zero-order chi connectivity index (χ0) is 19.8. The Morgan fingerprint density at radius 3 is 2.41 bits per heavy atom. The normalized spacial score (nSPS) is 25.0. The van der Waals surface area contributed by atoms with Crippen molar-refractivity contribution in [3.63, 3.8) is 0 Å². The van der Waals surface area contributed by atoms with Crippen molar-refractivity contribution in [3.8, 4) is 0 Å². The summed E-state index contributed by atoms with van der Waals surface area (Å²) >= 11 is 0. The first kappa shape index (κ1) is 20.1. The van der Waals surface area contributed by atoms with Crippen LogP contribution in [0.25, 0.3) is 0 Å². The lowest BCUT2D eigenvalue weighted by molar-refractivity contribution is -0.138. The average Bonchev–Trinajstić information content (AvgIpc) is 3.04. The van der Waals surface area contributed by atoms with Crippen LogP contribution in [-0.4, -0.2) is 55.4 Å². The largest absolute Gasteiger partial charge is 0.416 e. The summed E-state index contributed by atoms with van der Waals surface area (Å²) in [6.45, 7) is 0.413. The molecule has 0 saturated carbocycles. The molecule has 2 fully saturated rings. The van der Waals surface area contributed by atoms with E-state index in [0.717, 1.165) is 37.5 Å². The number of hydrogen-bond donors (Lipinski definition) is 0. The van der Waals surface area contributed by atoms with Crippen molar-refractivity contribution >= 4 is 15.9 Å². The van der Waals surface area contributed by atoms with Crippen molar-refractivity contribution in [2.75, 3.05) is 19.6 Å². The molecule has 0 aliphatic carbocycles. The Kier molecular flexibility index (Phi) is 5.49. The minimum absolute atomic E-state index is 0.284. The van der Waals surface area contributed by atoms with Crippen LogP contribution in [-0.2, 0) is 21.0 Å². The number of sulfonamides is 1. The predicted molar refractivity (Wildman–Crippen MR) is 89.1 cm³/mol. The monoisotopic (exact) mass is 408 g/mol. The Bertz CT molecular complexity index is 807.